The van der Waals surface area contributed by atoms with Crippen LogP contribution in [-0.4, -0.2) is 34.5 Å². The van der Waals surface area contributed by atoms with Crippen molar-refractivity contribution in [1.82, 2.24) is 15.1 Å². The third kappa shape index (κ3) is 2.94. The molecule has 0 saturated heterocycles. The minimum atomic E-state index is -0.422. The van der Waals surface area contributed by atoms with Crippen LogP contribution < -0.4 is 10.9 Å². The molecule has 1 aromatic rings. The van der Waals surface area contributed by atoms with E-state index in [1.807, 2.05) is 0 Å². The van der Waals surface area contributed by atoms with Gasteiger partial charge in [0.05, 0.1) is 18.6 Å². The summed E-state index contributed by atoms with van der Waals surface area (Å²) in [6, 6.07) is 0. The van der Waals surface area contributed by atoms with E-state index in [9.17, 15) is 9.59 Å². The highest BCUT2D eigenvalue weighted by atomic mass is 32.1. The predicted molar refractivity (Wildman–Crippen MR) is 67.2 cm³/mol. The number of nitrogens with one attached hydrogen (secondary N) is 2. The van der Waals surface area contributed by atoms with Gasteiger partial charge in [0.1, 0.15) is 0 Å². The van der Waals surface area contributed by atoms with Crippen molar-refractivity contribution in [3.63, 3.8) is 0 Å². The predicted octanol–water partition coefficient (Wildman–Crippen LogP) is -0.0572. The molecular weight excluding hydrogens is 242 g/mol. The van der Waals surface area contributed by atoms with Gasteiger partial charge < -0.3 is 10.1 Å². The molecule has 7 heteroatoms. The summed E-state index contributed by atoms with van der Waals surface area (Å²) in [4.78, 5) is 23.3. The number of nitrogens with zero attached hydrogens (tertiary/aromatic N) is 1. The zero-order chi connectivity index (χ0) is 13.0. The highest BCUT2D eigenvalue weighted by Gasteiger charge is 2.16. The lowest BCUT2D eigenvalue weighted by Crippen LogP contribution is -2.33. The molecule has 94 valence electrons. The molecule has 1 rings (SSSR count). The van der Waals surface area contributed by atoms with Crippen molar-refractivity contribution in [2.24, 2.45) is 0 Å². The molecule has 0 aliphatic heterocycles. The number of aromatic nitrogens is 2. The van der Waals surface area contributed by atoms with Crippen LogP contribution in [0.3, 0.4) is 0 Å². The maximum atomic E-state index is 11.9. The minimum absolute atomic E-state index is 0.0473. The maximum absolute atomic E-state index is 11.9. The maximum Gasteiger partial charge on any atom is 0.310 e. The van der Waals surface area contributed by atoms with Gasteiger partial charge in [0, 0.05) is 12.7 Å². The molecule has 2 N–H and O–H groups in total. The fourth-order valence-electron chi connectivity index (χ4n) is 1.40. The van der Waals surface area contributed by atoms with E-state index >= 15 is 0 Å². The normalized spacial score (nSPS) is 10.1. The number of thiocarbonyl (C=S) groups is 1. The van der Waals surface area contributed by atoms with Gasteiger partial charge in [0.15, 0.2) is 5.11 Å². The van der Waals surface area contributed by atoms with Crippen LogP contribution in [0.4, 0.5) is 0 Å². The number of carbonyl (C=O) groups excluding carboxylic acids is 1. The first-order valence-electron chi connectivity index (χ1n) is 5.19. The number of ether oxygens (including phenoxy) is 1. The molecule has 0 aliphatic rings. The molecule has 0 bridgehead atoms. The van der Waals surface area contributed by atoms with E-state index in [1.54, 1.807) is 20.9 Å². The average molecular weight is 257 g/mol. The van der Waals surface area contributed by atoms with Crippen molar-refractivity contribution in [3.05, 3.63) is 21.6 Å². The molecule has 0 unspecified atom stereocenters. The molecule has 6 nitrogen and oxygen atoms in total. The van der Waals surface area contributed by atoms with E-state index in [-0.39, 0.29) is 17.1 Å². The Labute approximate surface area is 104 Å². The van der Waals surface area contributed by atoms with E-state index < -0.39 is 5.97 Å². The van der Waals surface area contributed by atoms with E-state index in [2.05, 4.69) is 10.4 Å². The Hall–Kier alpha value is -1.63. The van der Waals surface area contributed by atoms with Crippen molar-refractivity contribution in [1.29, 1.82) is 0 Å². The summed E-state index contributed by atoms with van der Waals surface area (Å²) in [5.41, 5.74) is 0.664. The van der Waals surface area contributed by atoms with Crippen LogP contribution in [0.25, 0.3) is 0 Å². The van der Waals surface area contributed by atoms with Crippen molar-refractivity contribution in [2.75, 3.05) is 13.7 Å². The van der Waals surface area contributed by atoms with Gasteiger partial charge in [-0.3, -0.25) is 14.7 Å². The van der Waals surface area contributed by atoms with Crippen LogP contribution in [0.15, 0.2) is 4.79 Å². The third-order valence-electron chi connectivity index (χ3n) is 2.24. The second-order valence-electron chi connectivity index (χ2n) is 3.39. The zero-order valence-electron chi connectivity index (χ0n) is 9.99. The highest BCUT2D eigenvalue weighted by molar-refractivity contribution is 7.80. The molecular formula is C10H15N3O3S. The summed E-state index contributed by atoms with van der Waals surface area (Å²) in [6.45, 7) is 3.73. The summed E-state index contributed by atoms with van der Waals surface area (Å²) in [5, 5.41) is 5.75. The summed E-state index contributed by atoms with van der Waals surface area (Å²) in [6.07, 6.45) is -0.0473. The summed E-state index contributed by atoms with van der Waals surface area (Å²) in [5.74, 6) is -0.422. The van der Waals surface area contributed by atoms with Crippen LogP contribution in [0.2, 0.25) is 0 Å². The summed E-state index contributed by atoms with van der Waals surface area (Å²) >= 11 is 4.95. The smallest absolute Gasteiger partial charge is 0.310 e. The Kier molecular flexibility index (Phi) is 4.45. The standard InChI is InChI=1S/C10H15N3O3S/c1-4-16-8(14)5-7-6(2)12-13(9(7)15)10(17)11-3/h12H,4-5H2,1-3H3,(H,11,17). The SMILES string of the molecule is CCOC(=O)Cc1c(C)[nH]n(C(=S)NC)c1=O. The van der Waals surface area contributed by atoms with Gasteiger partial charge in [-0.2, -0.15) is 4.68 Å². The fraction of sp³-hybridized carbons (Fsp3) is 0.500. The van der Waals surface area contributed by atoms with E-state index in [0.29, 0.717) is 17.9 Å². The molecule has 0 radical (unpaired) electrons. The number of aryl methyl sites for hydroxylation is 1. The molecule has 0 aliphatic carbocycles. The number of H-pyrrole nitrogens is 1. The molecule has 0 saturated carbocycles. The Morgan fingerprint density at radius 3 is 2.76 bits per heavy atom. The Bertz CT molecular complexity index is 489. The Morgan fingerprint density at radius 1 is 1.59 bits per heavy atom. The average Bonchev–Trinajstić information content (AvgIpc) is 2.56. The van der Waals surface area contributed by atoms with Gasteiger partial charge in [0.25, 0.3) is 5.56 Å². The first kappa shape index (κ1) is 13.4. The van der Waals surface area contributed by atoms with Gasteiger partial charge >= 0.3 is 5.97 Å². The number of hydrogen-bond acceptors (Lipinski definition) is 4. The van der Waals surface area contributed by atoms with Crippen LogP contribution in [0.5, 0.6) is 0 Å². The van der Waals surface area contributed by atoms with Gasteiger partial charge in [-0.15, -0.1) is 0 Å². The van der Waals surface area contributed by atoms with Crippen LogP contribution in [0.1, 0.15) is 18.2 Å². The Balaban J connectivity index is 3.02. The molecule has 0 atom stereocenters. The largest absolute Gasteiger partial charge is 0.466 e. The number of carbonyl (C=O) groups is 1. The molecule has 17 heavy (non-hydrogen) atoms. The van der Waals surface area contributed by atoms with Gasteiger partial charge in [-0.05, 0) is 26.1 Å². The lowest BCUT2D eigenvalue weighted by molar-refractivity contribution is -0.142. The third-order valence-corrected chi connectivity index (χ3v) is 2.62. The topological polar surface area (TPSA) is 76.1 Å². The molecule has 0 amide bonds. The highest BCUT2D eigenvalue weighted by Crippen LogP contribution is 2.01. The van der Waals surface area contributed by atoms with E-state index in [0.717, 1.165) is 0 Å². The zero-order valence-corrected chi connectivity index (χ0v) is 10.8. The van der Waals surface area contributed by atoms with Crippen LogP contribution >= 0.6 is 12.2 Å². The minimum Gasteiger partial charge on any atom is -0.466 e. The van der Waals surface area contributed by atoms with Gasteiger partial charge in [0.2, 0.25) is 0 Å². The van der Waals surface area contributed by atoms with E-state index in [4.69, 9.17) is 17.0 Å². The second kappa shape index (κ2) is 5.62. The van der Waals surface area contributed by atoms with E-state index in [1.165, 1.54) is 4.68 Å². The first-order valence-corrected chi connectivity index (χ1v) is 5.60. The van der Waals surface area contributed by atoms with Gasteiger partial charge in [-0.25, -0.2) is 0 Å². The molecule has 0 aromatic carbocycles. The van der Waals surface area contributed by atoms with Crippen molar-refractivity contribution >= 4 is 23.3 Å². The first-order chi connectivity index (χ1) is 8.01. The van der Waals surface area contributed by atoms with Crippen LogP contribution in [-0.2, 0) is 16.0 Å². The fourth-order valence-corrected chi connectivity index (χ4v) is 1.53. The quantitative estimate of drug-likeness (QED) is 0.586. The lowest BCUT2D eigenvalue weighted by atomic mass is 10.2. The molecule has 1 aromatic heterocycles. The number of esters is 1. The second-order valence-corrected chi connectivity index (χ2v) is 3.78. The van der Waals surface area contributed by atoms with Gasteiger partial charge in [-0.1, -0.05) is 0 Å². The molecule has 1 heterocycles. The summed E-state index contributed by atoms with van der Waals surface area (Å²) < 4.78 is 6.00. The molecule has 0 spiro atoms. The lowest BCUT2D eigenvalue weighted by Gasteiger charge is -2.00. The van der Waals surface area contributed by atoms with Crippen molar-refractivity contribution in [2.45, 2.75) is 20.3 Å². The number of rotatable bonds is 3. The Morgan fingerprint density at radius 2 is 2.24 bits per heavy atom. The molecule has 0 fully saturated rings. The number of hydrogen-bond donors (Lipinski definition) is 2. The van der Waals surface area contributed by atoms with Crippen molar-refractivity contribution < 1.29 is 9.53 Å². The monoisotopic (exact) mass is 257 g/mol. The van der Waals surface area contributed by atoms with Crippen LogP contribution in [0, 0.1) is 6.92 Å². The van der Waals surface area contributed by atoms with Crippen molar-refractivity contribution in [3.8, 4) is 0 Å². The summed E-state index contributed by atoms with van der Waals surface area (Å²) in [7, 11) is 1.62. The number of aromatic amines is 1.